The molecule has 4 nitrogen and oxygen atoms in total. The zero-order valence-corrected chi connectivity index (χ0v) is 21.7. The van der Waals surface area contributed by atoms with Gasteiger partial charge in [-0.15, -0.1) is 0 Å². The maximum Gasteiger partial charge on any atom is 0.119 e. The fourth-order valence-corrected chi connectivity index (χ4v) is 4.94. The van der Waals surface area contributed by atoms with E-state index >= 15 is 0 Å². The lowest BCUT2D eigenvalue weighted by atomic mass is 9.90. The Kier molecular flexibility index (Phi) is 8.17. The fourth-order valence-electron chi connectivity index (χ4n) is 4.94. The quantitative estimate of drug-likeness (QED) is 0.231. The van der Waals surface area contributed by atoms with Gasteiger partial charge in [-0.3, -0.25) is 4.90 Å². The molecule has 0 aliphatic carbocycles. The van der Waals surface area contributed by atoms with Crippen molar-refractivity contribution in [1.29, 1.82) is 0 Å². The van der Waals surface area contributed by atoms with Crippen molar-refractivity contribution in [2.45, 2.75) is 52.6 Å². The minimum Gasteiger partial charge on any atom is -0.508 e. The van der Waals surface area contributed by atoms with Crippen LogP contribution in [-0.2, 0) is 6.42 Å². The van der Waals surface area contributed by atoms with Gasteiger partial charge in [0.05, 0.1) is 6.61 Å². The molecule has 0 heterocycles. The summed E-state index contributed by atoms with van der Waals surface area (Å²) < 4.78 is 6.03. The van der Waals surface area contributed by atoms with E-state index in [2.05, 4.69) is 62.9 Å². The number of benzene rings is 4. The zero-order valence-electron chi connectivity index (χ0n) is 21.7. The molecule has 0 unspecified atom stereocenters. The Bertz CT molecular complexity index is 1270. The molecule has 36 heavy (non-hydrogen) atoms. The molecule has 4 rings (SSSR count). The first-order chi connectivity index (χ1) is 17.3. The second-order valence-electron chi connectivity index (χ2n) is 9.99. The highest BCUT2D eigenvalue weighted by Gasteiger charge is 2.13. The summed E-state index contributed by atoms with van der Waals surface area (Å²) in [7, 11) is 0. The van der Waals surface area contributed by atoms with Crippen molar-refractivity contribution in [1.82, 2.24) is 4.90 Å². The first-order valence-electron chi connectivity index (χ1n) is 12.8. The molecule has 0 saturated heterocycles. The maximum absolute atomic E-state index is 9.99. The third-order valence-electron chi connectivity index (χ3n) is 6.75. The second kappa shape index (κ2) is 11.5. The Hall–Kier alpha value is -3.50. The lowest BCUT2D eigenvalue weighted by Crippen LogP contribution is -2.38. The van der Waals surface area contributed by atoms with Crippen molar-refractivity contribution in [2.75, 3.05) is 13.2 Å². The standard InChI is InChI=1S/C32H37NO3/c1-22(2)33(23(3)4)18-5-19-36-29-14-6-24(7-15-29)20-32-30(25-8-11-27(34)12-9-25)16-10-26-21-28(35)13-17-31(26)32/h6-17,21-23,34-35H,5,18-20H2,1-4H3. The average Bonchev–Trinajstić information content (AvgIpc) is 2.85. The van der Waals surface area contributed by atoms with Crippen LogP contribution in [0, 0.1) is 0 Å². The Balaban J connectivity index is 1.51. The summed E-state index contributed by atoms with van der Waals surface area (Å²) in [6.45, 7) is 10.7. The van der Waals surface area contributed by atoms with E-state index in [-0.39, 0.29) is 11.5 Å². The van der Waals surface area contributed by atoms with Gasteiger partial charge in [0, 0.05) is 18.6 Å². The van der Waals surface area contributed by atoms with Crippen LogP contribution in [0.4, 0.5) is 0 Å². The normalized spacial score (nSPS) is 11.6. The number of hydrogen-bond acceptors (Lipinski definition) is 4. The van der Waals surface area contributed by atoms with Crippen molar-refractivity contribution in [3.8, 4) is 28.4 Å². The Morgan fingerprint density at radius 3 is 2.08 bits per heavy atom. The number of fused-ring (bicyclic) bond motifs is 1. The van der Waals surface area contributed by atoms with Crippen LogP contribution in [0.3, 0.4) is 0 Å². The van der Waals surface area contributed by atoms with E-state index < -0.39 is 0 Å². The van der Waals surface area contributed by atoms with E-state index in [1.54, 1.807) is 24.3 Å². The smallest absolute Gasteiger partial charge is 0.119 e. The van der Waals surface area contributed by atoms with E-state index in [1.165, 1.54) is 11.1 Å². The largest absolute Gasteiger partial charge is 0.508 e. The molecule has 0 aliphatic heterocycles. The van der Waals surface area contributed by atoms with Crippen molar-refractivity contribution >= 4 is 10.8 Å². The molecule has 0 bridgehead atoms. The number of nitrogens with zero attached hydrogens (tertiary/aromatic N) is 1. The lowest BCUT2D eigenvalue weighted by molar-refractivity contribution is 0.160. The Morgan fingerprint density at radius 2 is 1.42 bits per heavy atom. The molecule has 0 aromatic heterocycles. The summed E-state index contributed by atoms with van der Waals surface area (Å²) in [5.41, 5.74) is 4.55. The molecular formula is C32H37NO3. The summed E-state index contributed by atoms with van der Waals surface area (Å²) in [5.74, 6) is 1.40. The third kappa shape index (κ3) is 6.19. The highest BCUT2D eigenvalue weighted by molar-refractivity contribution is 5.93. The number of phenols is 2. The third-order valence-corrected chi connectivity index (χ3v) is 6.75. The van der Waals surface area contributed by atoms with Gasteiger partial charge in [0.1, 0.15) is 17.2 Å². The molecule has 0 atom stereocenters. The molecule has 0 aliphatic rings. The maximum atomic E-state index is 9.99. The second-order valence-corrected chi connectivity index (χ2v) is 9.99. The molecule has 0 amide bonds. The Labute approximate surface area is 214 Å². The fraction of sp³-hybridized carbons (Fsp3) is 0.312. The minimum absolute atomic E-state index is 0.253. The Morgan fingerprint density at radius 1 is 0.750 bits per heavy atom. The SMILES string of the molecule is CC(C)N(CCCOc1ccc(Cc2c(-c3ccc(O)cc3)ccc3cc(O)ccc23)cc1)C(C)C. The van der Waals surface area contributed by atoms with Crippen LogP contribution in [0.5, 0.6) is 17.2 Å². The highest BCUT2D eigenvalue weighted by atomic mass is 16.5. The molecule has 0 spiro atoms. The molecule has 188 valence electrons. The van der Waals surface area contributed by atoms with Crippen LogP contribution in [0.1, 0.15) is 45.2 Å². The molecule has 0 fully saturated rings. The van der Waals surface area contributed by atoms with Crippen molar-refractivity contribution in [3.63, 3.8) is 0 Å². The lowest BCUT2D eigenvalue weighted by Gasteiger charge is -2.30. The highest BCUT2D eigenvalue weighted by Crippen LogP contribution is 2.34. The predicted molar refractivity (Wildman–Crippen MR) is 149 cm³/mol. The van der Waals surface area contributed by atoms with Crippen LogP contribution in [0.15, 0.2) is 78.9 Å². The van der Waals surface area contributed by atoms with Crippen LogP contribution in [0.2, 0.25) is 0 Å². The van der Waals surface area contributed by atoms with E-state index in [1.807, 2.05) is 24.3 Å². The van der Waals surface area contributed by atoms with E-state index in [0.29, 0.717) is 18.7 Å². The van der Waals surface area contributed by atoms with Gasteiger partial charge in [0.15, 0.2) is 0 Å². The first-order valence-corrected chi connectivity index (χ1v) is 12.8. The van der Waals surface area contributed by atoms with Crippen LogP contribution < -0.4 is 4.74 Å². The van der Waals surface area contributed by atoms with Gasteiger partial charge in [-0.05, 0) is 110 Å². The molecule has 4 heteroatoms. The summed E-state index contributed by atoms with van der Waals surface area (Å²) in [4.78, 5) is 2.49. The van der Waals surface area contributed by atoms with Gasteiger partial charge in [-0.25, -0.2) is 0 Å². The van der Waals surface area contributed by atoms with Crippen molar-refractivity contribution in [2.24, 2.45) is 0 Å². The van der Waals surface area contributed by atoms with Gasteiger partial charge in [-0.1, -0.05) is 42.5 Å². The number of ether oxygens (including phenoxy) is 1. The van der Waals surface area contributed by atoms with Gasteiger partial charge in [-0.2, -0.15) is 0 Å². The van der Waals surface area contributed by atoms with Crippen LogP contribution in [0.25, 0.3) is 21.9 Å². The van der Waals surface area contributed by atoms with E-state index in [9.17, 15) is 10.2 Å². The topological polar surface area (TPSA) is 52.9 Å². The molecule has 4 aromatic carbocycles. The molecule has 0 saturated carbocycles. The van der Waals surface area contributed by atoms with E-state index in [0.717, 1.165) is 47.0 Å². The average molecular weight is 484 g/mol. The van der Waals surface area contributed by atoms with Crippen molar-refractivity contribution < 1.29 is 14.9 Å². The molecule has 4 aromatic rings. The van der Waals surface area contributed by atoms with Crippen LogP contribution >= 0.6 is 0 Å². The number of hydrogen-bond donors (Lipinski definition) is 2. The molecule has 2 N–H and O–H groups in total. The summed E-state index contributed by atoms with van der Waals surface area (Å²) in [6.07, 6.45) is 1.74. The van der Waals surface area contributed by atoms with Gasteiger partial charge >= 0.3 is 0 Å². The van der Waals surface area contributed by atoms with Crippen molar-refractivity contribution in [3.05, 3.63) is 90.0 Å². The first kappa shape index (κ1) is 25.6. The van der Waals surface area contributed by atoms with E-state index in [4.69, 9.17) is 4.74 Å². The van der Waals surface area contributed by atoms with Gasteiger partial charge < -0.3 is 14.9 Å². The summed E-state index contributed by atoms with van der Waals surface area (Å²) in [5, 5.41) is 21.8. The molecular weight excluding hydrogens is 446 g/mol. The molecule has 0 radical (unpaired) electrons. The minimum atomic E-state index is 0.253. The van der Waals surface area contributed by atoms with Gasteiger partial charge in [0.2, 0.25) is 0 Å². The summed E-state index contributed by atoms with van der Waals surface area (Å²) >= 11 is 0. The number of phenolic OH excluding ortho intramolecular Hbond substituents is 2. The van der Waals surface area contributed by atoms with Gasteiger partial charge in [0.25, 0.3) is 0 Å². The number of aromatic hydroxyl groups is 2. The zero-order chi connectivity index (χ0) is 25.7. The monoisotopic (exact) mass is 483 g/mol. The van der Waals surface area contributed by atoms with Crippen LogP contribution in [-0.4, -0.2) is 40.3 Å². The summed E-state index contributed by atoms with van der Waals surface area (Å²) in [6, 6.07) is 26.4. The predicted octanol–water partition coefficient (Wildman–Crippen LogP) is 7.40. The number of rotatable bonds is 10.